The monoisotopic (exact) mass is 269 g/mol. The molecule has 0 atom stereocenters. The van der Waals surface area contributed by atoms with E-state index in [1.54, 1.807) is 21.7 Å². The zero-order valence-corrected chi connectivity index (χ0v) is 11.0. The maximum Gasteiger partial charge on any atom is 0.321 e. The summed E-state index contributed by atoms with van der Waals surface area (Å²) in [7, 11) is 0. The molecule has 1 N–H and O–H groups in total. The first-order valence-corrected chi connectivity index (χ1v) is 6.59. The van der Waals surface area contributed by atoms with Gasteiger partial charge in [-0.05, 0) is 36.8 Å². The maximum absolute atomic E-state index is 11.8. The Balaban J connectivity index is 1.90. The van der Waals surface area contributed by atoms with Crippen molar-refractivity contribution in [2.45, 2.75) is 6.42 Å². The fraction of sp³-hybridized carbons (Fsp3) is 0.200. The van der Waals surface area contributed by atoms with Crippen molar-refractivity contribution >= 4 is 11.7 Å². The van der Waals surface area contributed by atoms with Gasteiger partial charge in [0, 0.05) is 36.7 Å². The van der Waals surface area contributed by atoms with E-state index in [-0.39, 0.29) is 11.6 Å². The second kappa shape index (κ2) is 5.21. The molecule has 5 nitrogen and oxygen atoms in total. The van der Waals surface area contributed by atoms with Crippen LogP contribution in [0.1, 0.15) is 6.42 Å². The van der Waals surface area contributed by atoms with Crippen LogP contribution < -0.4 is 15.8 Å². The molecule has 1 aliphatic rings. The summed E-state index contributed by atoms with van der Waals surface area (Å²) in [6.07, 6.45) is 2.66. The van der Waals surface area contributed by atoms with Crippen molar-refractivity contribution in [3.05, 3.63) is 59.0 Å². The van der Waals surface area contributed by atoms with Gasteiger partial charge in [0.15, 0.2) is 0 Å². The molecule has 1 aromatic heterocycles. The number of carbonyl (C=O) groups excluding carboxylic acids is 1. The molecule has 0 aliphatic carbocycles. The van der Waals surface area contributed by atoms with Crippen molar-refractivity contribution in [1.29, 1.82) is 0 Å². The molecular weight excluding hydrogens is 254 g/mol. The van der Waals surface area contributed by atoms with E-state index in [4.69, 9.17) is 0 Å². The Bertz CT molecular complexity index is 676. The molecule has 0 spiro atoms. The molecule has 3 rings (SSSR count). The zero-order chi connectivity index (χ0) is 13.9. The summed E-state index contributed by atoms with van der Waals surface area (Å²) in [6, 6.07) is 12.4. The van der Waals surface area contributed by atoms with E-state index in [9.17, 15) is 9.59 Å². The maximum atomic E-state index is 11.8. The summed E-state index contributed by atoms with van der Waals surface area (Å²) in [6.45, 7) is 1.45. The van der Waals surface area contributed by atoms with Crippen LogP contribution in [0.3, 0.4) is 0 Å². The lowest BCUT2D eigenvalue weighted by atomic mass is 10.2. The van der Waals surface area contributed by atoms with Gasteiger partial charge in [-0.15, -0.1) is 0 Å². The topological polar surface area (TPSA) is 54.3 Å². The number of benzene rings is 1. The number of nitrogens with zero attached hydrogens (tertiary/aromatic N) is 2. The summed E-state index contributed by atoms with van der Waals surface area (Å²) in [5, 5.41) is 2.82. The van der Waals surface area contributed by atoms with Gasteiger partial charge < -0.3 is 5.32 Å². The molecule has 0 unspecified atom stereocenters. The third-order valence-electron chi connectivity index (χ3n) is 3.34. The van der Waals surface area contributed by atoms with E-state index in [1.807, 2.05) is 30.3 Å². The third-order valence-corrected chi connectivity index (χ3v) is 3.34. The highest BCUT2D eigenvalue weighted by atomic mass is 16.2. The van der Waals surface area contributed by atoms with Gasteiger partial charge in [-0.1, -0.05) is 6.07 Å². The molecule has 20 heavy (non-hydrogen) atoms. The Morgan fingerprint density at radius 2 is 1.70 bits per heavy atom. The lowest BCUT2D eigenvalue weighted by molar-refractivity contribution is 0.243. The van der Waals surface area contributed by atoms with E-state index in [0.717, 1.165) is 30.9 Å². The van der Waals surface area contributed by atoms with Gasteiger partial charge >= 0.3 is 6.03 Å². The highest BCUT2D eigenvalue weighted by molar-refractivity contribution is 5.92. The van der Waals surface area contributed by atoms with Crippen LogP contribution in [0.4, 0.5) is 10.5 Å². The second-order valence-corrected chi connectivity index (χ2v) is 4.66. The van der Waals surface area contributed by atoms with Crippen molar-refractivity contribution < 1.29 is 4.79 Å². The number of nitrogens with one attached hydrogen (secondary N) is 1. The van der Waals surface area contributed by atoms with E-state index in [2.05, 4.69) is 5.32 Å². The van der Waals surface area contributed by atoms with Gasteiger partial charge in [0.05, 0.1) is 0 Å². The Hall–Kier alpha value is -2.56. The summed E-state index contributed by atoms with van der Waals surface area (Å²) in [5.41, 5.74) is 1.56. The minimum Gasteiger partial charge on any atom is -0.338 e. The highest BCUT2D eigenvalue weighted by Gasteiger charge is 2.18. The fourth-order valence-electron chi connectivity index (χ4n) is 2.31. The Labute approximate surface area is 116 Å². The zero-order valence-electron chi connectivity index (χ0n) is 11.0. The van der Waals surface area contributed by atoms with Crippen molar-refractivity contribution in [2.24, 2.45) is 0 Å². The molecule has 5 heteroatoms. The molecule has 2 amide bonds. The van der Waals surface area contributed by atoms with Crippen LogP contribution >= 0.6 is 0 Å². The predicted octanol–water partition coefficient (Wildman–Crippen LogP) is 1.76. The molecule has 102 valence electrons. The molecule has 2 heterocycles. The van der Waals surface area contributed by atoms with Crippen molar-refractivity contribution in [2.75, 3.05) is 18.0 Å². The van der Waals surface area contributed by atoms with E-state index in [1.165, 1.54) is 6.07 Å². The lowest BCUT2D eigenvalue weighted by Crippen LogP contribution is -2.46. The van der Waals surface area contributed by atoms with Gasteiger partial charge in [0.25, 0.3) is 5.56 Å². The minimum absolute atomic E-state index is 0.0686. The number of hydrogen-bond acceptors (Lipinski definition) is 2. The molecule has 1 saturated heterocycles. The molecule has 0 bridgehead atoms. The predicted molar refractivity (Wildman–Crippen MR) is 77.4 cm³/mol. The molecule has 2 aromatic rings. The molecule has 1 aromatic carbocycles. The van der Waals surface area contributed by atoms with E-state index in [0.29, 0.717) is 0 Å². The standard InChI is InChI=1S/C15H15N3O2/c19-14-4-1-2-10-17(14)12-5-7-13(8-6-12)18-11-3-9-16-15(18)20/h1-2,4-8,10H,3,9,11H2,(H,16,20). The van der Waals surface area contributed by atoms with Crippen LogP contribution in [-0.4, -0.2) is 23.7 Å². The number of urea groups is 1. The largest absolute Gasteiger partial charge is 0.338 e. The lowest BCUT2D eigenvalue weighted by Gasteiger charge is -2.27. The number of aromatic nitrogens is 1. The number of pyridine rings is 1. The molecule has 1 fully saturated rings. The van der Waals surface area contributed by atoms with Gasteiger partial charge in [-0.3, -0.25) is 14.3 Å². The Morgan fingerprint density at radius 3 is 2.40 bits per heavy atom. The number of anilines is 1. The van der Waals surface area contributed by atoms with Crippen molar-refractivity contribution in [3.8, 4) is 5.69 Å². The molecular formula is C15H15N3O2. The van der Waals surface area contributed by atoms with Crippen LogP contribution in [-0.2, 0) is 0 Å². The summed E-state index contributed by atoms with van der Waals surface area (Å²) < 4.78 is 1.57. The van der Waals surface area contributed by atoms with Gasteiger partial charge in [-0.25, -0.2) is 4.79 Å². The number of carbonyl (C=O) groups is 1. The Morgan fingerprint density at radius 1 is 0.950 bits per heavy atom. The van der Waals surface area contributed by atoms with Crippen LogP contribution in [0.2, 0.25) is 0 Å². The van der Waals surface area contributed by atoms with E-state index >= 15 is 0 Å². The number of hydrogen-bond donors (Lipinski definition) is 1. The summed E-state index contributed by atoms with van der Waals surface area (Å²) in [4.78, 5) is 25.2. The van der Waals surface area contributed by atoms with Crippen LogP contribution in [0.5, 0.6) is 0 Å². The summed E-state index contributed by atoms with van der Waals surface area (Å²) >= 11 is 0. The average molecular weight is 269 g/mol. The second-order valence-electron chi connectivity index (χ2n) is 4.66. The van der Waals surface area contributed by atoms with Crippen LogP contribution in [0.15, 0.2) is 53.5 Å². The third kappa shape index (κ3) is 2.30. The smallest absolute Gasteiger partial charge is 0.321 e. The SMILES string of the molecule is O=C1NCCCN1c1ccc(-n2ccccc2=O)cc1. The fourth-order valence-corrected chi connectivity index (χ4v) is 2.31. The first-order valence-electron chi connectivity index (χ1n) is 6.59. The van der Waals surface area contributed by atoms with Crippen LogP contribution in [0, 0.1) is 0 Å². The normalized spacial score (nSPS) is 15.0. The highest BCUT2D eigenvalue weighted by Crippen LogP contribution is 2.18. The Kier molecular flexibility index (Phi) is 3.25. The van der Waals surface area contributed by atoms with Crippen LogP contribution in [0.25, 0.3) is 5.69 Å². The average Bonchev–Trinajstić information content (AvgIpc) is 2.49. The quantitative estimate of drug-likeness (QED) is 0.903. The molecule has 0 radical (unpaired) electrons. The number of rotatable bonds is 2. The summed E-state index contributed by atoms with van der Waals surface area (Å²) in [5.74, 6) is 0. The van der Waals surface area contributed by atoms with Crippen molar-refractivity contribution in [1.82, 2.24) is 9.88 Å². The molecule has 1 aliphatic heterocycles. The molecule has 0 saturated carbocycles. The van der Waals surface area contributed by atoms with Gasteiger partial charge in [-0.2, -0.15) is 0 Å². The first kappa shape index (κ1) is 12.5. The van der Waals surface area contributed by atoms with Crippen molar-refractivity contribution in [3.63, 3.8) is 0 Å². The number of amides is 2. The van der Waals surface area contributed by atoms with E-state index < -0.39 is 0 Å². The van der Waals surface area contributed by atoms with Gasteiger partial charge in [0.2, 0.25) is 0 Å². The van der Waals surface area contributed by atoms with Gasteiger partial charge in [0.1, 0.15) is 0 Å². The first-order chi connectivity index (χ1) is 9.75. The minimum atomic E-state index is -0.0732.